The summed E-state index contributed by atoms with van der Waals surface area (Å²) in [6, 6.07) is 8.88. The van der Waals surface area contributed by atoms with Crippen LogP contribution in [0.5, 0.6) is 0 Å². The molecule has 0 spiro atoms. The molecule has 0 fully saturated rings. The molecule has 0 aliphatic carbocycles. The van der Waals surface area contributed by atoms with E-state index < -0.39 is 0 Å². The maximum atomic E-state index is 12.8. The Labute approximate surface area is 113 Å². The summed E-state index contributed by atoms with van der Waals surface area (Å²) >= 11 is 5.22. The number of halogens is 2. The van der Waals surface area contributed by atoms with Gasteiger partial charge in [0.15, 0.2) is 0 Å². The Kier molecular flexibility index (Phi) is 4.31. The first-order chi connectivity index (χ1) is 8.16. The van der Waals surface area contributed by atoms with Crippen LogP contribution in [0.15, 0.2) is 40.2 Å². The minimum Gasteiger partial charge on any atom is -0.305 e. The molecule has 90 valence electrons. The molecule has 17 heavy (non-hydrogen) atoms. The van der Waals surface area contributed by atoms with Crippen molar-refractivity contribution >= 4 is 27.3 Å². The Balaban J connectivity index is 1.95. The van der Waals surface area contributed by atoms with Gasteiger partial charge in [0, 0.05) is 21.9 Å². The quantitative estimate of drug-likeness (QED) is 0.876. The van der Waals surface area contributed by atoms with E-state index >= 15 is 0 Å². The molecule has 0 radical (unpaired) electrons. The molecule has 2 aromatic rings. The van der Waals surface area contributed by atoms with Gasteiger partial charge in [0.05, 0.1) is 0 Å². The van der Waals surface area contributed by atoms with E-state index in [4.69, 9.17) is 0 Å². The van der Waals surface area contributed by atoms with Gasteiger partial charge in [0.1, 0.15) is 5.82 Å². The van der Waals surface area contributed by atoms with Crippen molar-refractivity contribution in [1.29, 1.82) is 0 Å². The maximum Gasteiger partial charge on any atom is 0.123 e. The monoisotopic (exact) mass is 313 g/mol. The highest BCUT2D eigenvalue weighted by Crippen LogP contribution is 2.23. The fourth-order valence-electron chi connectivity index (χ4n) is 1.57. The summed E-state index contributed by atoms with van der Waals surface area (Å²) in [6.45, 7) is 2.89. The first kappa shape index (κ1) is 12.7. The third-order valence-electron chi connectivity index (χ3n) is 2.63. The molecule has 1 aromatic carbocycles. The fourth-order valence-corrected chi connectivity index (χ4v) is 3.01. The second kappa shape index (κ2) is 5.76. The molecule has 0 bridgehead atoms. The lowest BCUT2D eigenvalue weighted by atomic mass is 10.1. The van der Waals surface area contributed by atoms with Gasteiger partial charge in [-0.1, -0.05) is 12.1 Å². The molecule has 1 N–H and O–H groups in total. The predicted molar refractivity (Wildman–Crippen MR) is 73.7 cm³/mol. The van der Waals surface area contributed by atoms with Crippen molar-refractivity contribution in [2.75, 3.05) is 0 Å². The average Bonchev–Trinajstić information content (AvgIpc) is 2.73. The van der Waals surface area contributed by atoms with Crippen molar-refractivity contribution in [3.8, 4) is 0 Å². The SMILES string of the molecule is C[C@H](NCc1sccc1Br)c1ccc(F)cc1. The Morgan fingerprint density at radius 1 is 1.29 bits per heavy atom. The smallest absolute Gasteiger partial charge is 0.123 e. The largest absolute Gasteiger partial charge is 0.305 e. The van der Waals surface area contributed by atoms with Crippen molar-refractivity contribution in [3.05, 3.63) is 56.4 Å². The lowest BCUT2D eigenvalue weighted by Crippen LogP contribution is -2.17. The number of thiophene rings is 1. The van der Waals surface area contributed by atoms with E-state index in [1.807, 2.05) is 18.2 Å². The van der Waals surface area contributed by atoms with Crippen LogP contribution in [0.25, 0.3) is 0 Å². The Bertz CT molecular complexity index is 480. The highest BCUT2D eigenvalue weighted by Gasteiger charge is 2.07. The number of hydrogen-bond acceptors (Lipinski definition) is 2. The third-order valence-corrected chi connectivity index (χ3v) is 4.56. The van der Waals surface area contributed by atoms with Crippen LogP contribution in [-0.4, -0.2) is 0 Å². The number of rotatable bonds is 4. The van der Waals surface area contributed by atoms with Crippen molar-refractivity contribution in [3.63, 3.8) is 0 Å². The first-order valence-corrected chi connectivity index (χ1v) is 7.05. The second-order valence-corrected chi connectivity index (χ2v) is 5.70. The molecule has 1 aromatic heterocycles. The molecule has 1 atom stereocenters. The molecule has 2 rings (SSSR count). The van der Waals surface area contributed by atoms with E-state index in [1.54, 1.807) is 11.3 Å². The molecule has 0 saturated carbocycles. The zero-order chi connectivity index (χ0) is 12.3. The predicted octanol–water partition coefficient (Wildman–Crippen LogP) is 4.50. The second-order valence-electron chi connectivity index (χ2n) is 3.85. The highest BCUT2D eigenvalue weighted by atomic mass is 79.9. The fraction of sp³-hybridized carbons (Fsp3) is 0.231. The van der Waals surface area contributed by atoms with Gasteiger partial charge in [0.2, 0.25) is 0 Å². The lowest BCUT2D eigenvalue weighted by Gasteiger charge is -2.13. The van der Waals surface area contributed by atoms with Crippen LogP contribution in [0, 0.1) is 5.82 Å². The summed E-state index contributed by atoms with van der Waals surface area (Å²) in [5.74, 6) is -0.193. The topological polar surface area (TPSA) is 12.0 Å². The zero-order valence-corrected chi connectivity index (χ0v) is 11.8. The number of hydrogen-bond donors (Lipinski definition) is 1. The van der Waals surface area contributed by atoms with Gasteiger partial charge >= 0.3 is 0 Å². The zero-order valence-electron chi connectivity index (χ0n) is 9.41. The summed E-state index contributed by atoms with van der Waals surface area (Å²) in [7, 11) is 0. The lowest BCUT2D eigenvalue weighted by molar-refractivity contribution is 0.574. The minimum absolute atomic E-state index is 0.193. The standard InChI is InChI=1S/C13H13BrFNS/c1-9(10-2-4-11(15)5-3-10)16-8-13-12(14)6-7-17-13/h2-7,9,16H,8H2,1H3/t9-/m0/s1. The summed E-state index contributed by atoms with van der Waals surface area (Å²) in [6.07, 6.45) is 0. The van der Waals surface area contributed by atoms with Crippen LogP contribution in [0.4, 0.5) is 4.39 Å². The molecule has 0 unspecified atom stereocenters. The Morgan fingerprint density at radius 2 is 2.00 bits per heavy atom. The summed E-state index contributed by atoms with van der Waals surface area (Å²) in [5.41, 5.74) is 1.10. The van der Waals surface area contributed by atoms with E-state index in [0.29, 0.717) is 0 Å². The summed E-state index contributed by atoms with van der Waals surface area (Å²) in [4.78, 5) is 1.28. The normalized spacial score (nSPS) is 12.6. The summed E-state index contributed by atoms with van der Waals surface area (Å²) in [5, 5.41) is 5.48. The van der Waals surface area contributed by atoms with Crippen LogP contribution in [0.1, 0.15) is 23.4 Å². The molecular formula is C13H13BrFNS. The van der Waals surface area contributed by atoms with Crippen molar-refractivity contribution in [1.82, 2.24) is 5.32 Å². The number of benzene rings is 1. The molecule has 0 aliphatic heterocycles. The Hall–Kier alpha value is -0.710. The van der Waals surface area contributed by atoms with Crippen molar-refractivity contribution < 1.29 is 4.39 Å². The summed E-state index contributed by atoms with van der Waals surface area (Å²) < 4.78 is 13.9. The van der Waals surface area contributed by atoms with Crippen molar-refractivity contribution in [2.45, 2.75) is 19.5 Å². The van der Waals surface area contributed by atoms with Crippen LogP contribution in [0.3, 0.4) is 0 Å². The maximum absolute atomic E-state index is 12.8. The van der Waals surface area contributed by atoms with Crippen LogP contribution in [0.2, 0.25) is 0 Å². The van der Waals surface area contributed by atoms with Gasteiger partial charge in [0.25, 0.3) is 0 Å². The highest BCUT2D eigenvalue weighted by molar-refractivity contribution is 9.10. The first-order valence-electron chi connectivity index (χ1n) is 5.37. The van der Waals surface area contributed by atoms with E-state index in [1.165, 1.54) is 17.0 Å². The molecule has 0 aliphatic rings. The van der Waals surface area contributed by atoms with Crippen LogP contribution < -0.4 is 5.32 Å². The van der Waals surface area contributed by atoms with Crippen molar-refractivity contribution in [2.24, 2.45) is 0 Å². The Morgan fingerprint density at radius 3 is 2.59 bits per heavy atom. The molecule has 0 saturated heterocycles. The van der Waals surface area contributed by atoms with Gasteiger partial charge in [-0.3, -0.25) is 0 Å². The van der Waals surface area contributed by atoms with E-state index in [2.05, 4.69) is 33.6 Å². The van der Waals surface area contributed by atoms with Gasteiger partial charge in [-0.2, -0.15) is 0 Å². The van der Waals surface area contributed by atoms with Crippen LogP contribution in [-0.2, 0) is 6.54 Å². The molecule has 1 nitrogen and oxygen atoms in total. The minimum atomic E-state index is -0.193. The van der Waals surface area contributed by atoms with E-state index in [9.17, 15) is 4.39 Å². The molecule has 1 heterocycles. The molecule has 0 amide bonds. The van der Waals surface area contributed by atoms with Gasteiger partial charge in [-0.15, -0.1) is 11.3 Å². The number of nitrogens with one attached hydrogen (secondary N) is 1. The van der Waals surface area contributed by atoms with Crippen LogP contribution >= 0.6 is 27.3 Å². The van der Waals surface area contributed by atoms with E-state index in [-0.39, 0.29) is 11.9 Å². The van der Waals surface area contributed by atoms with E-state index in [0.717, 1.165) is 16.6 Å². The molecular weight excluding hydrogens is 301 g/mol. The van der Waals surface area contributed by atoms with Gasteiger partial charge < -0.3 is 5.32 Å². The van der Waals surface area contributed by atoms with Gasteiger partial charge in [-0.05, 0) is 52.0 Å². The average molecular weight is 314 g/mol. The third kappa shape index (κ3) is 3.37. The van der Waals surface area contributed by atoms with Gasteiger partial charge in [-0.25, -0.2) is 4.39 Å². The molecule has 4 heteroatoms.